The highest BCUT2D eigenvalue weighted by molar-refractivity contribution is 5.82. The summed E-state index contributed by atoms with van der Waals surface area (Å²) < 4.78 is 8.31. The van der Waals surface area contributed by atoms with Gasteiger partial charge in [0.1, 0.15) is 23.6 Å². The van der Waals surface area contributed by atoms with Crippen LogP contribution in [0.2, 0.25) is 0 Å². The third kappa shape index (κ3) is 8.37. The van der Waals surface area contributed by atoms with E-state index in [-0.39, 0.29) is 44.0 Å². The number of imidazole rings is 1. The molecule has 0 radical (unpaired) electrons. The van der Waals surface area contributed by atoms with Crippen LogP contribution in [-0.2, 0) is 29.2 Å². The Labute approximate surface area is 258 Å². The first-order valence-corrected chi connectivity index (χ1v) is 14.7. The molecule has 0 spiro atoms. The molecule has 0 bridgehead atoms. The maximum atomic E-state index is 13.0. The van der Waals surface area contributed by atoms with Crippen molar-refractivity contribution in [1.82, 2.24) is 34.6 Å². The average molecular weight is 620 g/mol. The van der Waals surface area contributed by atoms with Gasteiger partial charge < -0.3 is 25.5 Å². The van der Waals surface area contributed by atoms with E-state index in [1.165, 1.54) is 9.13 Å². The summed E-state index contributed by atoms with van der Waals surface area (Å²) in [5.41, 5.74) is 1.24. The second kappa shape index (κ2) is 15.4. The Bertz CT molecular complexity index is 1740. The number of H-pyrrole nitrogens is 1. The maximum Gasteiger partial charge on any atom is 0.408 e. The molecule has 0 unspecified atom stereocenters. The van der Waals surface area contributed by atoms with Crippen LogP contribution in [0.4, 0.5) is 4.79 Å². The predicted molar refractivity (Wildman–Crippen MR) is 167 cm³/mol. The largest absolute Gasteiger partial charge is 0.484 e. The van der Waals surface area contributed by atoms with E-state index < -0.39 is 23.5 Å². The zero-order valence-corrected chi connectivity index (χ0v) is 25.2. The van der Waals surface area contributed by atoms with Crippen molar-refractivity contribution in [3.63, 3.8) is 0 Å². The molecule has 0 aliphatic rings. The molecule has 0 aliphatic carbocycles. The number of hydrogen-bond acceptors (Lipinski definition) is 7. The van der Waals surface area contributed by atoms with Crippen molar-refractivity contribution in [2.24, 2.45) is 0 Å². The van der Waals surface area contributed by atoms with E-state index >= 15 is 0 Å². The van der Waals surface area contributed by atoms with E-state index in [0.717, 1.165) is 10.5 Å². The Kier molecular flexibility index (Phi) is 11.1. The van der Waals surface area contributed by atoms with Gasteiger partial charge in [-0.15, -0.1) is 0 Å². The minimum Gasteiger partial charge on any atom is -0.484 e. The van der Waals surface area contributed by atoms with Crippen molar-refractivity contribution >= 4 is 29.1 Å². The van der Waals surface area contributed by atoms with E-state index in [1.807, 2.05) is 19.9 Å². The lowest BCUT2D eigenvalue weighted by molar-refractivity contribution is -0.124. The van der Waals surface area contributed by atoms with Crippen LogP contribution in [-0.4, -0.2) is 73.3 Å². The smallest absolute Gasteiger partial charge is 0.408 e. The van der Waals surface area contributed by atoms with Gasteiger partial charge in [-0.3, -0.25) is 28.4 Å². The first-order chi connectivity index (χ1) is 21.7. The summed E-state index contributed by atoms with van der Waals surface area (Å²) in [6, 6.07) is 15.7. The fraction of sp³-hybridized carbons (Fsp3) is 0.355. The van der Waals surface area contributed by atoms with Crippen molar-refractivity contribution in [2.75, 3.05) is 26.2 Å². The Morgan fingerprint density at radius 3 is 2.20 bits per heavy atom. The number of nitrogens with one attached hydrogen (secondary N) is 3. The molecule has 0 saturated carbocycles. The Morgan fingerprint density at radius 2 is 1.56 bits per heavy atom. The van der Waals surface area contributed by atoms with Gasteiger partial charge in [-0.2, -0.15) is 0 Å². The number of carboxylic acid groups (broad SMARTS) is 1. The number of aromatic nitrogens is 4. The third-order valence-electron chi connectivity index (χ3n) is 6.84. The quantitative estimate of drug-likeness (QED) is 0.146. The topological polar surface area (TPSA) is 181 Å². The van der Waals surface area contributed by atoms with Crippen molar-refractivity contribution in [3.8, 4) is 17.1 Å². The summed E-state index contributed by atoms with van der Waals surface area (Å²) in [5.74, 6) is -0.0278. The normalized spacial score (nSPS) is 10.9. The molecule has 0 saturated heterocycles. The Morgan fingerprint density at radius 1 is 0.911 bits per heavy atom. The molecule has 4 aromatic rings. The number of hydrogen-bond donors (Lipinski definition) is 4. The molecule has 2 aromatic heterocycles. The molecule has 45 heavy (non-hydrogen) atoms. The number of amides is 3. The molecule has 0 atom stereocenters. The van der Waals surface area contributed by atoms with Crippen molar-refractivity contribution in [3.05, 3.63) is 81.0 Å². The molecular formula is C31H37N7O7. The summed E-state index contributed by atoms with van der Waals surface area (Å²) >= 11 is 0. The van der Waals surface area contributed by atoms with Crippen molar-refractivity contribution < 1.29 is 24.2 Å². The number of aromatic amines is 1. The fourth-order valence-electron chi connectivity index (χ4n) is 4.69. The van der Waals surface area contributed by atoms with Gasteiger partial charge in [0.25, 0.3) is 11.5 Å². The molecule has 238 valence electrons. The SMILES string of the molecule is CCCn1c(=O)c2[nH]c(-c3ccc(OCC(=O)NCCNC(=O)CN(Cc4ccccc4)C(=O)O)cc3)nc2n(CCC)c1=O. The van der Waals surface area contributed by atoms with Gasteiger partial charge in [0.05, 0.1) is 0 Å². The lowest BCUT2D eigenvalue weighted by Crippen LogP contribution is -2.42. The lowest BCUT2D eigenvalue weighted by atomic mass is 10.2. The van der Waals surface area contributed by atoms with Crippen molar-refractivity contribution in [1.29, 1.82) is 0 Å². The second-order valence-electron chi connectivity index (χ2n) is 10.3. The van der Waals surface area contributed by atoms with Gasteiger partial charge in [-0.05, 0) is 42.7 Å². The van der Waals surface area contributed by atoms with Crippen LogP contribution in [0, 0.1) is 0 Å². The van der Waals surface area contributed by atoms with Crippen LogP contribution >= 0.6 is 0 Å². The first-order valence-electron chi connectivity index (χ1n) is 14.7. The molecule has 4 N–H and O–H groups in total. The molecule has 14 heteroatoms. The van der Waals surface area contributed by atoms with E-state index in [1.54, 1.807) is 48.5 Å². The number of aryl methyl sites for hydroxylation is 1. The lowest BCUT2D eigenvalue weighted by Gasteiger charge is -2.19. The van der Waals surface area contributed by atoms with E-state index in [2.05, 4.69) is 20.6 Å². The van der Waals surface area contributed by atoms with Crippen LogP contribution in [0.1, 0.15) is 32.3 Å². The fourth-order valence-corrected chi connectivity index (χ4v) is 4.69. The van der Waals surface area contributed by atoms with Gasteiger partial charge in [-0.25, -0.2) is 14.6 Å². The molecule has 14 nitrogen and oxygen atoms in total. The highest BCUT2D eigenvalue weighted by atomic mass is 16.5. The summed E-state index contributed by atoms with van der Waals surface area (Å²) in [7, 11) is 0. The minimum absolute atomic E-state index is 0.0816. The van der Waals surface area contributed by atoms with Gasteiger partial charge in [0.2, 0.25) is 5.91 Å². The zero-order chi connectivity index (χ0) is 32.3. The molecular weight excluding hydrogens is 582 g/mol. The molecule has 2 aromatic carbocycles. The number of benzene rings is 2. The second-order valence-corrected chi connectivity index (χ2v) is 10.3. The van der Waals surface area contributed by atoms with Crippen LogP contribution < -0.4 is 26.6 Å². The summed E-state index contributed by atoms with van der Waals surface area (Å²) in [6.07, 6.45) is 0.142. The van der Waals surface area contributed by atoms with Gasteiger partial charge in [0.15, 0.2) is 12.3 Å². The summed E-state index contributed by atoms with van der Waals surface area (Å²) in [5, 5.41) is 14.6. The monoisotopic (exact) mass is 619 g/mol. The van der Waals surface area contributed by atoms with E-state index in [0.29, 0.717) is 48.7 Å². The highest BCUT2D eigenvalue weighted by Gasteiger charge is 2.18. The highest BCUT2D eigenvalue weighted by Crippen LogP contribution is 2.22. The number of carbonyl (C=O) groups is 3. The predicted octanol–water partition coefficient (Wildman–Crippen LogP) is 2.16. The van der Waals surface area contributed by atoms with Gasteiger partial charge in [-0.1, -0.05) is 44.2 Å². The minimum atomic E-state index is -1.21. The molecule has 4 rings (SSSR count). The summed E-state index contributed by atoms with van der Waals surface area (Å²) in [6.45, 7) is 4.34. The average Bonchev–Trinajstić information content (AvgIpc) is 3.48. The Balaban J connectivity index is 1.26. The number of rotatable bonds is 15. The standard InChI is InChI=1S/C31H37N7O7/c1-3-16-37-28-26(29(41)38(17-4-2)30(37)42)34-27(35-28)22-10-12-23(13-11-22)45-20-25(40)33-15-14-32-24(39)19-36(31(43)44)18-21-8-6-5-7-9-21/h5-13H,3-4,14-20H2,1-2H3,(H,32,39)(H,33,40)(H,34,35)(H,43,44). The Hall–Kier alpha value is -5.40. The molecule has 2 heterocycles. The van der Waals surface area contributed by atoms with E-state index in [4.69, 9.17) is 4.74 Å². The molecule has 0 aliphatic heterocycles. The van der Waals surface area contributed by atoms with Crippen LogP contribution in [0.5, 0.6) is 5.75 Å². The van der Waals surface area contributed by atoms with Crippen molar-refractivity contribution in [2.45, 2.75) is 46.3 Å². The molecule has 3 amide bonds. The maximum absolute atomic E-state index is 13.0. The van der Waals surface area contributed by atoms with Crippen LogP contribution in [0.3, 0.4) is 0 Å². The summed E-state index contributed by atoms with van der Waals surface area (Å²) in [4.78, 5) is 70.5. The van der Waals surface area contributed by atoms with Crippen LogP contribution in [0.25, 0.3) is 22.6 Å². The molecule has 0 fully saturated rings. The first kappa shape index (κ1) is 32.5. The number of fused-ring (bicyclic) bond motifs is 1. The number of nitrogens with zero attached hydrogens (tertiary/aromatic N) is 4. The number of ether oxygens (including phenoxy) is 1. The van der Waals surface area contributed by atoms with Crippen LogP contribution in [0.15, 0.2) is 64.2 Å². The van der Waals surface area contributed by atoms with Gasteiger partial charge in [0, 0.05) is 38.3 Å². The zero-order valence-electron chi connectivity index (χ0n) is 25.2. The van der Waals surface area contributed by atoms with Gasteiger partial charge >= 0.3 is 11.8 Å². The van der Waals surface area contributed by atoms with E-state index in [9.17, 15) is 29.1 Å². The number of carbonyl (C=O) groups excluding carboxylic acids is 2. The third-order valence-corrected chi connectivity index (χ3v) is 6.84.